The SMILES string of the molecule is C=CCC(=O)O.C=CCl.O=C1C=CC(=O)O1. The summed E-state index contributed by atoms with van der Waals surface area (Å²) >= 11 is 4.76. The van der Waals surface area contributed by atoms with E-state index in [-0.39, 0.29) is 6.42 Å². The summed E-state index contributed by atoms with van der Waals surface area (Å²) < 4.78 is 3.97. The van der Waals surface area contributed by atoms with Gasteiger partial charge in [0.2, 0.25) is 0 Å². The number of halogens is 1. The number of esters is 2. The van der Waals surface area contributed by atoms with Crippen LogP contribution in [-0.2, 0) is 19.1 Å². The van der Waals surface area contributed by atoms with E-state index in [1.54, 1.807) is 0 Å². The van der Waals surface area contributed by atoms with E-state index in [9.17, 15) is 14.4 Å². The number of hydrogen-bond donors (Lipinski definition) is 1. The molecule has 1 N–H and O–H groups in total. The number of aliphatic carboxylic acids is 1. The van der Waals surface area contributed by atoms with E-state index >= 15 is 0 Å². The van der Waals surface area contributed by atoms with Crippen molar-refractivity contribution in [2.45, 2.75) is 6.42 Å². The highest BCUT2D eigenvalue weighted by Crippen LogP contribution is 1.92. The van der Waals surface area contributed by atoms with E-state index in [1.807, 2.05) is 0 Å². The van der Waals surface area contributed by atoms with Crippen LogP contribution >= 0.6 is 11.6 Å². The van der Waals surface area contributed by atoms with Crippen molar-refractivity contribution < 1.29 is 24.2 Å². The highest BCUT2D eigenvalue weighted by molar-refractivity contribution is 6.25. The minimum absolute atomic E-state index is 0.0556. The molecule has 0 aliphatic carbocycles. The van der Waals surface area contributed by atoms with Crippen LogP contribution in [0.4, 0.5) is 0 Å². The molecule has 16 heavy (non-hydrogen) atoms. The van der Waals surface area contributed by atoms with Crippen molar-refractivity contribution in [1.82, 2.24) is 0 Å². The summed E-state index contributed by atoms with van der Waals surface area (Å²) in [6, 6.07) is 0. The smallest absolute Gasteiger partial charge is 0.338 e. The number of hydrogen-bond acceptors (Lipinski definition) is 4. The topological polar surface area (TPSA) is 80.7 Å². The first-order valence-electron chi connectivity index (χ1n) is 3.95. The number of ether oxygens (including phenoxy) is 1. The van der Waals surface area contributed by atoms with Crippen molar-refractivity contribution in [3.63, 3.8) is 0 Å². The van der Waals surface area contributed by atoms with E-state index in [0.29, 0.717) is 0 Å². The Labute approximate surface area is 97.7 Å². The zero-order chi connectivity index (χ0) is 13.0. The van der Waals surface area contributed by atoms with Gasteiger partial charge in [-0.15, -0.1) is 6.58 Å². The summed E-state index contributed by atoms with van der Waals surface area (Å²) in [5.41, 5.74) is 1.22. The molecule has 0 spiro atoms. The van der Waals surface area contributed by atoms with Gasteiger partial charge in [-0.1, -0.05) is 24.3 Å². The van der Waals surface area contributed by atoms with Gasteiger partial charge < -0.3 is 9.84 Å². The fourth-order valence-electron chi connectivity index (χ4n) is 0.427. The first kappa shape index (κ1) is 16.5. The number of carboxylic acids is 1. The second-order valence-corrected chi connectivity index (χ2v) is 2.42. The Kier molecular flexibility index (Phi) is 11.6. The molecule has 5 nitrogen and oxygen atoms in total. The van der Waals surface area contributed by atoms with E-state index in [4.69, 9.17) is 16.7 Å². The number of carbonyl (C=O) groups is 3. The lowest BCUT2D eigenvalue weighted by Gasteiger charge is -1.80. The predicted octanol–water partition coefficient (Wildman–Crippen LogP) is 1.64. The Morgan fingerprint density at radius 1 is 1.38 bits per heavy atom. The fourth-order valence-corrected chi connectivity index (χ4v) is 0.427. The summed E-state index contributed by atoms with van der Waals surface area (Å²) in [6.07, 6.45) is 3.58. The average molecular weight is 247 g/mol. The van der Waals surface area contributed by atoms with Crippen molar-refractivity contribution in [2.24, 2.45) is 0 Å². The summed E-state index contributed by atoms with van der Waals surface area (Å²) in [6.45, 7) is 6.35. The molecule has 0 aromatic heterocycles. The Morgan fingerprint density at radius 3 is 1.81 bits per heavy atom. The van der Waals surface area contributed by atoms with Gasteiger partial charge in [-0.25, -0.2) is 9.59 Å². The Balaban J connectivity index is 0. The lowest BCUT2D eigenvalue weighted by Crippen LogP contribution is -1.96. The summed E-state index contributed by atoms with van der Waals surface area (Å²) in [5, 5.41) is 7.84. The molecule has 88 valence electrons. The van der Waals surface area contributed by atoms with Crippen LogP contribution < -0.4 is 0 Å². The molecule has 1 heterocycles. The maximum Gasteiger partial charge on any atom is 0.338 e. The van der Waals surface area contributed by atoms with Crippen LogP contribution in [-0.4, -0.2) is 23.0 Å². The third-order valence-corrected chi connectivity index (χ3v) is 0.876. The molecule has 6 heteroatoms. The van der Waals surface area contributed by atoms with Gasteiger partial charge in [0.25, 0.3) is 0 Å². The summed E-state index contributed by atoms with van der Waals surface area (Å²) in [5.74, 6) is -1.99. The molecule has 1 aliphatic rings. The number of carbonyl (C=O) groups excluding carboxylic acids is 2. The second kappa shape index (κ2) is 11.2. The van der Waals surface area contributed by atoms with Gasteiger partial charge >= 0.3 is 17.9 Å². The quantitative estimate of drug-likeness (QED) is 0.455. The number of cyclic esters (lactones) is 2. The lowest BCUT2D eigenvalue weighted by atomic mass is 10.4. The predicted molar refractivity (Wildman–Crippen MR) is 58.7 cm³/mol. The van der Waals surface area contributed by atoms with E-state index in [0.717, 1.165) is 12.2 Å². The van der Waals surface area contributed by atoms with Crippen molar-refractivity contribution in [1.29, 1.82) is 0 Å². The van der Waals surface area contributed by atoms with Crippen LogP contribution in [0.5, 0.6) is 0 Å². The molecule has 0 saturated carbocycles. The average Bonchev–Trinajstić information content (AvgIpc) is 2.52. The minimum Gasteiger partial charge on any atom is -0.481 e. The third kappa shape index (κ3) is 14.6. The van der Waals surface area contributed by atoms with E-state index < -0.39 is 17.9 Å². The first-order chi connectivity index (χ1) is 7.47. The largest absolute Gasteiger partial charge is 0.481 e. The molecule has 0 saturated heterocycles. The van der Waals surface area contributed by atoms with Crippen molar-refractivity contribution in [3.8, 4) is 0 Å². The monoisotopic (exact) mass is 246 g/mol. The van der Waals surface area contributed by atoms with Crippen LogP contribution in [0.3, 0.4) is 0 Å². The lowest BCUT2D eigenvalue weighted by molar-refractivity contribution is -0.150. The second-order valence-electron chi connectivity index (χ2n) is 2.11. The van der Waals surface area contributed by atoms with Gasteiger partial charge in [-0.2, -0.15) is 0 Å². The molecule has 1 rings (SSSR count). The van der Waals surface area contributed by atoms with Crippen LogP contribution in [0, 0.1) is 0 Å². The molecule has 0 fully saturated rings. The molecular formula is C10H11ClO5. The standard InChI is InChI=1S/C4H2O3.C4H6O2.C2H3Cl/c5-3-1-2-4(6)7-3;1-2-3-4(5)6;1-2-3/h1-2H;2H,1,3H2,(H,5,6);2H,1H2. The molecule has 0 bridgehead atoms. The van der Waals surface area contributed by atoms with Crippen molar-refractivity contribution in [2.75, 3.05) is 0 Å². The van der Waals surface area contributed by atoms with E-state index in [1.165, 1.54) is 11.6 Å². The third-order valence-electron chi connectivity index (χ3n) is 0.876. The fraction of sp³-hybridized carbons (Fsp3) is 0.100. The highest BCUT2D eigenvalue weighted by Gasteiger charge is 2.10. The van der Waals surface area contributed by atoms with Crippen LogP contribution in [0.1, 0.15) is 6.42 Å². The van der Waals surface area contributed by atoms with Crippen molar-refractivity contribution in [3.05, 3.63) is 36.9 Å². The van der Waals surface area contributed by atoms with Crippen molar-refractivity contribution >= 4 is 29.5 Å². The molecule has 0 atom stereocenters. The Bertz CT molecular complexity index is 290. The van der Waals surface area contributed by atoms with Gasteiger partial charge in [0.05, 0.1) is 6.42 Å². The molecule has 1 aliphatic heterocycles. The molecule has 0 amide bonds. The first-order valence-corrected chi connectivity index (χ1v) is 4.39. The van der Waals surface area contributed by atoms with E-state index in [2.05, 4.69) is 17.9 Å². The maximum atomic E-state index is 9.92. The normalized spacial score (nSPS) is 11.3. The number of rotatable bonds is 2. The van der Waals surface area contributed by atoms with Crippen LogP contribution in [0.15, 0.2) is 36.9 Å². The highest BCUT2D eigenvalue weighted by atomic mass is 35.5. The molecule has 0 aromatic rings. The Hall–Kier alpha value is -1.88. The van der Waals surface area contributed by atoms with Gasteiger partial charge in [0.15, 0.2) is 0 Å². The summed E-state index contributed by atoms with van der Waals surface area (Å²) in [7, 11) is 0. The van der Waals surface area contributed by atoms with Crippen LogP contribution in [0.25, 0.3) is 0 Å². The van der Waals surface area contributed by atoms with Gasteiger partial charge in [-0.3, -0.25) is 4.79 Å². The van der Waals surface area contributed by atoms with Gasteiger partial charge in [-0.05, 0) is 5.54 Å². The molecule has 0 aromatic carbocycles. The molecular weight excluding hydrogens is 236 g/mol. The Morgan fingerprint density at radius 2 is 1.75 bits per heavy atom. The molecule has 0 radical (unpaired) electrons. The van der Waals surface area contributed by atoms with Crippen LogP contribution in [0.2, 0.25) is 0 Å². The zero-order valence-corrected chi connectivity index (χ0v) is 9.14. The molecule has 0 unspecified atom stereocenters. The van der Waals surface area contributed by atoms with Gasteiger partial charge in [0, 0.05) is 12.2 Å². The minimum atomic E-state index is -0.829. The summed E-state index contributed by atoms with van der Waals surface area (Å²) in [4.78, 5) is 29.4. The number of carboxylic acid groups (broad SMARTS) is 1. The maximum absolute atomic E-state index is 9.92. The van der Waals surface area contributed by atoms with Gasteiger partial charge in [0.1, 0.15) is 0 Å². The zero-order valence-electron chi connectivity index (χ0n) is 8.39.